The van der Waals surface area contributed by atoms with Crippen LogP contribution in [-0.4, -0.2) is 36.3 Å². The van der Waals surface area contributed by atoms with Crippen molar-refractivity contribution < 1.29 is 19.1 Å². The van der Waals surface area contributed by atoms with E-state index in [0.717, 1.165) is 4.90 Å². The van der Waals surface area contributed by atoms with Gasteiger partial charge in [-0.25, -0.2) is 4.98 Å². The zero-order valence-corrected chi connectivity index (χ0v) is 19.0. The van der Waals surface area contributed by atoms with E-state index in [0.29, 0.717) is 34.3 Å². The topological polar surface area (TPSA) is 89.5 Å². The molecule has 1 aromatic heterocycles. The number of methoxy groups -OCH3 is 2. The molecule has 0 bridgehead atoms. The van der Waals surface area contributed by atoms with E-state index in [4.69, 9.17) is 9.47 Å². The number of aromatic nitrogens is 1. The minimum atomic E-state index is -0.343. The van der Waals surface area contributed by atoms with E-state index in [1.807, 2.05) is 30.5 Å². The van der Waals surface area contributed by atoms with Crippen molar-refractivity contribution in [1.82, 2.24) is 4.98 Å². The molecule has 31 heavy (non-hydrogen) atoms. The lowest BCUT2D eigenvalue weighted by atomic mass is 10.1. The number of thioether (sulfide) groups is 1. The zero-order valence-electron chi connectivity index (χ0n) is 17.4. The number of carbonyl (C=O) groups is 2. The van der Waals surface area contributed by atoms with Gasteiger partial charge in [-0.05, 0) is 36.8 Å². The third-order valence-electron chi connectivity index (χ3n) is 4.35. The summed E-state index contributed by atoms with van der Waals surface area (Å²) in [6.07, 6.45) is 2.30. The Balaban J connectivity index is 1.73. The highest BCUT2D eigenvalue weighted by molar-refractivity contribution is 8.00. The maximum absolute atomic E-state index is 12.9. The molecule has 0 aliphatic carbocycles. The van der Waals surface area contributed by atoms with E-state index in [1.54, 1.807) is 30.5 Å². The number of hydrogen-bond donors (Lipinski definition) is 2. The van der Waals surface area contributed by atoms with Gasteiger partial charge in [0.15, 0.2) is 5.13 Å². The first-order chi connectivity index (χ1) is 15.0. The Morgan fingerprint density at radius 3 is 2.42 bits per heavy atom. The summed E-state index contributed by atoms with van der Waals surface area (Å²) in [6, 6.07) is 12.5. The van der Waals surface area contributed by atoms with E-state index in [-0.39, 0.29) is 17.1 Å². The van der Waals surface area contributed by atoms with Gasteiger partial charge in [-0.1, -0.05) is 19.1 Å². The minimum Gasteiger partial charge on any atom is -0.496 e. The van der Waals surface area contributed by atoms with Crippen molar-refractivity contribution in [3.63, 3.8) is 0 Å². The standard InChI is InChI=1S/C22H23N3O4S2/c1-4-18(20(26)25-22-23-11-12-30-22)31-15-8-5-7-14(13-15)24-21(27)19-16(28-2)9-6-10-17(19)29-3/h5-13,18H,4H2,1-3H3,(H,24,27)(H,23,25,26). The minimum absolute atomic E-state index is 0.101. The molecule has 0 spiro atoms. The van der Waals surface area contributed by atoms with E-state index in [2.05, 4.69) is 15.6 Å². The second-order valence-corrected chi connectivity index (χ2v) is 8.53. The van der Waals surface area contributed by atoms with Crippen molar-refractivity contribution in [2.45, 2.75) is 23.5 Å². The first-order valence-corrected chi connectivity index (χ1v) is 11.3. The Kier molecular flexibility index (Phi) is 7.91. The second kappa shape index (κ2) is 10.8. The molecule has 0 aliphatic rings. The van der Waals surface area contributed by atoms with Gasteiger partial charge >= 0.3 is 0 Å². The Bertz CT molecular complexity index is 1020. The van der Waals surface area contributed by atoms with Crippen LogP contribution in [-0.2, 0) is 4.79 Å². The number of hydrogen-bond acceptors (Lipinski definition) is 7. The van der Waals surface area contributed by atoms with Gasteiger partial charge in [0.1, 0.15) is 17.1 Å². The predicted octanol–water partition coefficient (Wildman–Crippen LogP) is 4.92. The molecule has 0 radical (unpaired) electrons. The number of carbonyl (C=O) groups excluding carboxylic acids is 2. The molecule has 0 fully saturated rings. The number of nitrogens with one attached hydrogen (secondary N) is 2. The molecule has 1 atom stereocenters. The number of nitrogens with zero attached hydrogens (tertiary/aromatic N) is 1. The number of anilines is 2. The van der Waals surface area contributed by atoms with E-state index in [1.165, 1.54) is 37.3 Å². The van der Waals surface area contributed by atoms with Crippen molar-refractivity contribution >= 4 is 45.7 Å². The van der Waals surface area contributed by atoms with E-state index >= 15 is 0 Å². The smallest absolute Gasteiger partial charge is 0.263 e. The molecule has 1 unspecified atom stereocenters. The van der Waals surface area contributed by atoms with Gasteiger partial charge < -0.3 is 20.1 Å². The first-order valence-electron chi connectivity index (χ1n) is 9.55. The van der Waals surface area contributed by atoms with Crippen LogP contribution in [0.2, 0.25) is 0 Å². The molecule has 0 aliphatic heterocycles. The molecule has 2 N–H and O–H groups in total. The SMILES string of the molecule is CCC(Sc1cccc(NC(=O)c2c(OC)cccc2OC)c1)C(=O)Nc1nccs1. The molecule has 3 aromatic rings. The quantitative estimate of drug-likeness (QED) is 0.443. The lowest BCUT2D eigenvalue weighted by Gasteiger charge is -2.15. The molecule has 0 saturated heterocycles. The highest BCUT2D eigenvalue weighted by Gasteiger charge is 2.20. The molecule has 2 aromatic carbocycles. The second-order valence-electron chi connectivity index (χ2n) is 6.36. The summed E-state index contributed by atoms with van der Waals surface area (Å²) in [5, 5.41) is 7.82. The number of amides is 2. The van der Waals surface area contributed by atoms with Crippen molar-refractivity contribution in [1.29, 1.82) is 0 Å². The molecule has 1 heterocycles. The third-order valence-corrected chi connectivity index (χ3v) is 6.40. The lowest BCUT2D eigenvalue weighted by Crippen LogP contribution is -2.24. The highest BCUT2D eigenvalue weighted by Crippen LogP contribution is 2.31. The third kappa shape index (κ3) is 5.77. The highest BCUT2D eigenvalue weighted by atomic mass is 32.2. The largest absolute Gasteiger partial charge is 0.496 e. The van der Waals surface area contributed by atoms with Gasteiger partial charge in [-0.2, -0.15) is 0 Å². The molecular formula is C22H23N3O4S2. The Hall–Kier alpha value is -3.04. The molecular weight excluding hydrogens is 434 g/mol. The van der Waals surface area contributed by atoms with Gasteiger partial charge in [-0.15, -0.1) is 23.1 Å². The lowest BCUT2D eigenvalue weighted by molar-refractivity contribution is -0.115. The fourth-order valence-corrected chi connectivity index (χ4v) is 4.42. The summed E-state index contributed by atoms with van der Waals surface area (Å²) in [4.78, 5) is 30.4. The van der Waals surface area contributed by atoms with Crippen LogP contribution in [0.4, 0.5) is 10.8 Å². The van der Waals surface area contributed by atoms with Crippen LogP contribution in [0.3, 0.4) is 0 Å². The maximum Gasteiger partial charge on any atom is 0.263 e. The summed E-state index contributed by atoms with van der Waals surface area (Å²) in [6.45, 7) is 1.96. The average molecular weight is 458 g/mol. The van der Waals surface area contributed by atoms with Crippen molar-refractivity contribution in [3.8, 4) is 11.5 Å². The fourth-order valence-electron chi connectivity index (χ4n) is 2.87. The van der Waals surface area contributed by atoms with Gasteiger partial charge in [0.05, 0.1) is 19.5 Å². The van der Waals surface area contributed by atoms with Gasteiger partial charge in [-0.3, -0.25) is 9.59 Å². The summed E-state index contributed by atoms with van der Waals surface area (Å²) in [5.41, 5.74) is 0.929. The van der Waals surface area contributed by atoms with Crippen molar-refractivity contribution in [2.24, 2.45) is 0 Å². The van der Waals surface area contributed by atoms with Crippen LogP contribution in [0.25, 0.3) is 0 Å². The van der Waals surface area contributed by atoms with E-state index < -0.39 is 0 Å². The van der Waals surface area contributed by atoms with Crippen molar-refractivity contribution in [3.05, 3.63) is 59.6 Å². The first kappa shape index (κ1) is 22.6. The molecule has 9 heteroatoms. The van der Waals surface area contributed by atoms with Crippen LogP contribution >= 0.6 is 23.1 Å². The predicted molar refractivity (Wildman–Crippen MR) is 125 cm³/mol. The maximum atomic E-state index is 12.9. The Labute approximate surface area is 189 Å². The molecule has 3 rings (SSSR count). The van der Waals surface area contributed by atoms with Gasteiger partial charge in [0.2, 0.25) is 5.91 Å². The monoisotopic (exact) mass is 457 g/mol. The summed E-state index contributed by atoms with van der Waals surface area (Å²) in [5.74, 6) is 0.403. The van der Waals surface area contributed by atoms with Crippen LogP contribution in [0.1, 0.15) is 23.7 Å². The number of thiazole rings is 1. The molecule has 162 valence electrons. The normalized spacial score (nSPS) is 11.5. The van der Waals surface area contributed by atoms with E-state index in [9.17, 15) is 9.59 Å². The fraction of sp³-hybridized carbons (Fsp3) is 0.227. The summed E-state index contributed by atoms with van der Waals surface area (Å²) >= 11 is 2.81. The number of ether oxygens (including phenoxy) is 2. The van der Waals surface area contributed by atoms with Crippen LogP contribution < -0.4 is 20.1 Å². The van der Waals surface area contributed by atoms with Crippen LogP contribution in [0, 0.1) is 0 Å². The zero-order chi connectivity index (χ0) is 22.2. The molecule has 7 nitrogen and oxygen atoms in total. The van der Waals surface area contributed by atoms with Crippen LogP contribution in [0.5, 0.6) is 11.5 Å². The number of rotatable bonds is 9. The summed E-state index contributed by atoms with van der Waals surface area (Å²) in [7, 11) is 3.01. The number of benzene rings is 2. The molecule has 2 amide bonds. The molecule has 0 saturated carbocycles. The Morgan fingerprint density at radius 1 is 1.10 bits per heavy atom. The van der Waals surface area contributed by atoms with Gasteiger partial charge in [0, 0.05) is 22.2 Å². The average Bonchev–Trinajstić information content (AvgIpc) is 3.29. The van der Waals surface area contributed by atoms with Crippen molar-refractivity contribution in [2.75, 3.05) is 24.9 Å². The summed E-state index contributed by atoms with van der Waals surface area (Å²) < 4.78 is 10.6. The Morgan fingerprint density at radius 2 is 1.81 bits per heavy atom. The van der Waals surface area contributed by atoms with Gasteiger partial charge in [0.25, 0.3) is 5.91 Å². The van der Waals surface area contributed by atoms with Crippen LogP contribution in [0.15, 0.2) is 58.9 Å².